The van der Waals surface area contributed by atoms with Gasteiger partial charge in [-0.3, -0.25) is 0 Å². The summed E-state index contributed by atoms with van der Waals surface area (Å²) in [6.45, 7) is 4.83. The highest BCUT2D eigenvalue weighted by atomic mass is 32.2. The molecule has 102 valence electrons. The summed E-state index contributed by atoms with van der Waals surface area (Å²) in [6, 6.07) is -0.247. The molecule has 0 saturated carbocycles. The van der Waals surface area contributed by atoms with Gasteiger partial charge in [0.1, 0.15) is 0 Å². The van der Waals surface area contributed by atoms with Gasteiger partial charge < -0.3 is 15.4 Å². The SMILES string of the molecule is CCCCNC(=O)NC1=C(C(=O)OCC)CSC1. The van der Waals surface area contributed by atoms with Crippen LogP contribution in [0.2, 0.25) is 0 Å². The predicted octanol–water partition coefficient (Wildman–Crippen LogP) is 1.65. The Morgan fingerprint density at radius 1 is 1.33 bits per heavy atom. The smallest absolute Gasteiger partial charge is 0.336 e. The minimum atomic E-state index is -0.327. The third-order valence-corrected chi connectivity index (χ3v) is 3.44. The number of urea groups is 1. The number of unbranched alkanes of at least 4 members (excludes halogenated alkanes) is 1. The van der Waals surface area contributed by atoms with Crippen molar-refractivity contribution in [2.75, 3.05) is 24.7 Å². The summed E-state index contributed by atoms with van der Waals surface area (Å²) < 4.78 is 4.95. The van der Waals surface area contributed by atoms with Crippen LogP contribution in [0.5, 0.6) is 0 Å². The number of hydrogen-bond acceptors (Lipinski definition) is 4. The number of nitrogens with one attached hydrogen (secondary N) is 2. The van der Waals surface area contributed by atoms with Crippen molar-refractivity contribution < 1.29 is 14.3 Å². The molecule has 2 N–H and O–H groups in total. The van der Waals surface area contributed by atoms with E-state index in [0.29, 0.717) is 35.9 Å². The van der Waals surface area contributed by atoms with E-state index in [1.807, 2.05) is 0 Å². The summed E-state index contributed by atoms with van der Waals surface area (Å²) in [6.07, 6.45) is 1.98. The Labute approximate surface area is 112 Å². The van der Waals surface area contributed by atoms with Crippen molar-refractivity contribution in [2.45, 2.75) is 26.7 Å². The fourth-order valence-electron chi connectivity index (χ4n) is 1.50. The van der Waals surface area contributed by atoms with Crippen molar-refractivity contribution in [2.24, 2.45) is 0 Å². The van der Waals surface area contributed by atoms with Crippen LogP contribution < -0.4 is 10.6 Å². The first kappa shape index (κ1) is 14.9. The predicted molar refractivity (Wildman–Crippen MR) is 72.4 cm³/mol. The van der Waals surface area contributed by atoms with Gasteiger partial charge in [-0.1, -0.05) is 13.3 Å². The van der Waals surface area contributed by atoms with Gasteiger partial charge in [0.2, 0.25) is 0 Å². The maximum Gasteiger partial charge on any atom is 0.336 e. The second-order valence-electron chi connectivity index (χ2n) is 3.90. The van der Waals surface area contributed by atoms with Crippen molar-refractivity contribution in [1.29, 1.82) is 0 Å². The lowest BCUT2D eigenvalue weighted by molar-refractivity contribution is -0.138. The molecule has 0 fully saturated rings. The molecule has 0 radical (unpaired) electrons. The third-order valence-electron chi connectivity index (χ3n) is 2.46. The molecule has 0 spiro atoms. The van der Waals surface area contributed by atoms with Crippen LogP contribution >= 0.6 is 11.8 Å². The van der Waals surface area contributed by atoms with Crippen LogP contribution in [0.4, 0.5) is 4.79 Å². The summed E-state index contributed by atoms with van der Waals surface area (Å²) in [5.41, 5.74) is 1.25. The average molecular weight is 272 g/mol. The highest BCUT2D eigenvalue weighted by Crippen LogP contribution is 2.23. The van der Waals surface area contributed by atoms with Crippen molar-refractivity contribution in [3.8, 4) is 0 Å². The van der Waals surface area contributed by atoms with Crippen LogP contribution in [0.25, 0.3) is 0 Å². The molecule has 18 heavy (non-hydrogen) atoms. The van der Waals surface area contributed by atoms with E-state index < -0.39 is 0 Å². The largest absolute Gasteiger partial charge is 0.463 e. The molecule has 0 aromatic rings. The fourth-order valence-corrected chi connectivity index (χ4v) is 2.55. The van der Waals surface area contributed by atoms with E-state index in [9.17, 15) is 9.59 Å². The molecule has 1 heterocycles. The van der Waals surface area contributed by atoms with Crippen molar-refractivity contribution in [3.63, 3.8) is 0 Å². The second-order valence-corrected chi connectivity index (χ2v) is 4.89. The van der Waals surface area contributed by atoms with Gasteiger partial charge in [0.15, 0.2) is 0 Å². The van der Waals surface area contributed by atoms with E-state index in [1.165, 1.54) is 0 Å². The van der Waals surface area contributed by atoms with Crippen molar-refractivity contribution in [3.05, 3.63) is 11.3 Å². The number of rotatable bonds is 6. The summed E-state index contributed by atoms with van der Waals surface area (Å²) >= 11 is 1.60. The lowest BCUT2D eigenvalue weighted by Crippen LogP contribution is -2.36. The highest BCUT2D eigenvalue weighted by Gasteiger charge is 2.23. The normalized spacial score (nSPS) is 14.6. The zero-order valence-electron chi connectivity index (χ0n) is 10.9. The molecule has 1 aliphatic rings. The van der Waals surface area contributed by atoms with E-state index >= 15 is 0 Å². The summed E-state index contributed by atoms with van der Waals surface area (Å²) in [5.74, 6) is 0.921. The quantitative estimate of drug-likeness (QED) is 0.570. The molecule has 0 aromatic heterocycles. The summed E-state index contributed by atoms with van der Waals surface area (Å²) in [5, 5.41) is 5.49. The molecule has 0 aromatic carbocycles. The summed E-state index contributed by atoms with van der Waals surface area (Å²) in [4.78, 5) is 23.2. The molecule has 0 atom stereocenters. The number of hydrogen-bond donors (Lipinski definition) is 2. The average Bonchev–Trinajstić information content (AvgIpc) is 2.78. The molecule has 0 bridgehead atoms. The molecule has 0 unspecified atom stereocenters. The number of amides is 2. The van der Waals surface area contributed by atoms with Gasteiger partial charge in [0, 0.05) is 23.7 Å². The van der Waals surface area contributed by atoms with Gasteiger partial charge in [-0.05, 0) is 13.3 Å². The number of thioether (sulfide) groups is 1. The van der Waals surface area contributed by atoms with Crippen LogP contribution in [-0.4, -0.2) is 36.7 Å². The Morgan fingerprint density at radius 3 is 2.78 bits per heavy atom. The van der Waals surface area contributed by atoms with Crippen LogP contribution in [0, 0.1) is 0 Å². The van der Waals surface area contributed by atoms with Crippen LogP contribution in [0.1, 0.15) is 26.7 Å². The number of carbonyl (C=O) groups is 2. The highest BCUT2D eigenvalue weighted by molar-refractivity contribution is 8.00. The first-order valence-corrected chi connectivity index (χ1v) is 7.36. The van der Waals surface area contributed by atoms with Crippen molar-refractivity contribution >= 4 is 23.8 Å². The molecule has 2 amide bonds. The lowest BCUT2D eigenvalue weighted by atomic mass is 10.2. The van der Waals surface area contributed by atoms with E-state index in [4.69, 9.17) is 4.74 Å². The number of esters is 1. The molecule has 6 heteroatoms. The third kappa shape index (κ3) is 4.60. The first-order chi connectivity index (χ1) is 8.69. The molecular weight excluding hydrogens is 252 g/mol. The van der Waals surface area contributed by atoms with E-state index in [1.54, 1.807) is 18.7 Å². The molecular formula is C12H20N2O3S. The fraction of sp³-hybridized carbons (Fsp3) is 0.667. The molecule has 0 aliphatic carbocycles. The zero-order valence-corrected chi connectivity index (χ0v) is 11.7. The number of carbonyl (C=O) groups excluding carboxylic acids is 2. The monoisotopic (exact) mass is 272 g/mol. The van der Waals surface area contributed by atoms with Crippen LogP contribution in [0.15, 0.2) is 11.3 Å². The van der Waals surface area contributed by atoms with Crippen LogP contribution in [0.3, 0.4) is 0 Å². The van der Waals surface area contributed by atoms with Crippen molar-refractivity contribution in [1.82, 2.24) is 10.6 Å². The Morgan fingerprint density at radius 2 is 2.11 bits per heavy atom. The van der Waals surface area contributed by atoms with E-state index in [-0.39, 0.29) is 12.0 Å². The minimum absolute atomic E-state index is 0.247. The van der Waals surface area contributed by atoms with Gasteiger partial charge in [0.05, 0.1) is 12.2 Å². The molecule has 1 aliphatic heterocycles. The lowest BCUT2D eigenvalue weighted by Gasteiger charge is -2.09. The minimum Gasteiger partial charge on any atom is -0.463 e. The first-order valence-electron chi connectivity index (χ1n) is 6.20. The zero-order chi connectivity index (χ0) is 13.4. The van der Waals surface area contributed by atoms with Gasteiger partial charge in [-0.2, -0.15) is 11.8 Å². The standard InChI is InChI=1S/C12H20N2O3S/c1-3-5-6-13-12(16)14-10-8-18-7-9(10)11(15)17-4-2/h3-8H2,1-2H3,(H2,13,14,16). The molecule has 0 saturated heterocycles. The van der Waals surface area contributed by atoms with Crippen LogP contribution in [-0.2, 0) is 9.53 Å². The Kier molecular flexibility index (Phi) is 6.64. The number of ether oxygens (including phenoxy) is 1. The Balaban J connectivity index is 2.50. The van der Waals surface area contributed by atoms with Gasteiger partial charge >= 0.3 is 12.0 Å². The maximum atomic E-state index is 11.6. The molecule has 1 rings (SSSR count). The summed E-state index contributed by atoms with van der Waals surface area (Å²) in [7, 11) is 0. The second kappa shape index (κ2) is 8.02. The van der Waals surface area contributed by atoms with Gasteiger partial charge in [0.25, 0.3) is 0 Å². The topological polar surface area (TPSA) is 67.4 Å². The van der Waals surface area contributed by atoms with Gasteiger partial charge in [-0.15, -0.1) is 0 Å². The Hall–Kier alpha value is -1.17. The maximum absolute atomic E-state index is 11.6. The van der Waals surface area contributed by atoms with Gasteiger partial charge in [-0.25, -0.2) is 9.59 Å². The van der Waals surface area contributed by atoms with E-state index in [2.05, 4.69) is 17.6 Å². The van der Waals surface area contributed by atoms with E-state index in [0.717, 1.165) is 12.8 Å². The Bertz CT molecular complexity index is 342. The molecule has 5 nitrogen and oxygen atoms in total.